The normalized spacial score (nSPS) is 17.8. The number of carbonyl (C=O) groups excluding carboxylic acids is 1. The van der Waals surface area contributed by atoms with Crippen molar-refractivity contribution in [2.45, 2.75) is 32.4 Å². The van der Waals surface area contributed by atoms with Gasteiger partial charge in [0.25, 0.3) is 0 Å². The third kappa shape index (κ3) is 6.04. The van der Waals surface area contributed by atoms with Gasteiger partial charge in [-0.15, -0.1) is 12.4 Å². The van der Waals surface area contributed by atoms with E-state index in [1.54, 1.807) is 0 Å². The smallest absolute Gasteiger partial charge is 0.234 e. The highest BCUT2D eigenvalue weighted by atomic mass is 35.5. The Morgan fingerprint density at radius 2 is 1.95 bits per heavy atom. The first-order valence-electron chi connectivity index (χ1n) is 7.43. The fraction of sp³-hybridized carbons (Fsp3) is 0.562. The summed E-state index contributed by atoms with van der Waals surface area (Å²) in [6, 6.07) is 10.3. The zero-order valence-corrected chi connectivity index (χ0v) is 13.4. The summed E-state index contributed by atoms with van der Waals surface area (Å²) in [4.78, 5) is 14.1. The molecule has 3 N–H and O–H groups in total. The Hall–Kier alpha value is -1.10. The summed E-state index contributed by atoms with van der Waals surface area (Å²) in [6.45, 7) is 5.14. The molecule has 0 bridgehead atoms. The highest BCUT2D eigenvalue weighted by molar-refractivity contribution is 5.85. The molecule has 1 atom stereocenters. The summed E-state index contributed by atoms with van der Waals surface area (Å²) >= 11 is 0. The van der Waals surface area contributed by atoms with E-state index in [0.29, 0.717) is 19.0 Å². The molecule has 0 aromatic heterocycles. The number of hydrogen-bond acceptors (Lipinski definition) is 3. The minimum atomic E-state index is 0. The van der Waals surface area contributed by atoms with E-state index in [1.165, 1.54) is 0 Å². The van der Waals surface area contributed by atoms with Crippen LogP contribution >= 0.6 is 12.4 Å². The van der Waals surface area contributed by atoms with Gasteiger partial charge in [0.1, 0.15) is 0 Å². The van der Waals surface area contributed by atoms with E-state index in [-0.39, 0.29) is 24.4 Å². The van der Waals surface area contributed by atoms with E-state index in [9.17, 15) is 4.79 Å². The lowest BCUT2D eigenvalue weighted by atomic mass is 9.91. The molecule has 21 heavy (non-hydrogen) atoms. The van der Waals surface area contributed by atoms with Crippen LogP contribution in [-0.4, -0.2) is 36.5 Å². The first kappa shape index (κ1) is 18.0. The fourth-order valence-corrected chi connectivity index (χ4v) is 2.69. The van der Waals surface area contributed by atoms with E-state index in [1.807, 2.05) is 30.3 Å². The maximum absolute atomic E-state index is 11.9. The third-order valence-corrected chi connectivity index (χ3v) is 4.08. The molecular weight excluding hydrogens is 286 g/mol. The number of halogens is 1. The van der Waals surface area contributed by atoms with Gasteiger partial charge in [0.05, 0.1) is 6.54 Å². The zero-order valence-electron chi connectivity index (χ0n) is 12.6. The van der Waals surface area contributed by atoms with Crippen LogP contribution in [0.5, 0.6) is 0 Å². The van der Waals surface area contributed by atoms with Crippen molar-refractivity contribution in [3.8, 4) is 0 Å². The number of nitrogens with two attached hydrogens (primary N) is 1. The second-order valence-electron chi connectivity index (χ2n) is 5.74. The van der Waals surface area contributed by atoms with Gasteiger partial charge in [0.15, 0.2) is 0 Å². The van der Waals surface area contributed by atoms with Crippen molar-refractivity contribution in [1.82, 2.24) is 10.2 Å². The molecule has 118 valence electrons. The van der Waals surface area contributed by atoms with Gasteiger partial charge in [0, 0.05) is 12.6 Å². The van der Waals surface area contributed by atoms with Gasteiger partial charge >= 0.3 is 0 Å². The number of rotatable bonds is 5. The van der Waals surface area contributed by atoms with Crippen molar-refractivity contribution >= 4 is 18.3 Å². The van der Waals surface area contributed by atoms with Gasteiger partial charge in [-0.2, -0.15) is 0 Å². The molecule has 2 rings (SSSR count). The molecule has 0 spiro atoms. The van der Waals surface area contributed by atoms with Gasteiger partial charge in [-0.3, -0.25) is 9.69 Å². The van der Waals surface area contributed by atoms with E-state index in [4.69, 9.17) is 5.73 Å². The van der Waals surface area contributed by atoms with E-state index in [0.717, 1.165) is 31.5 Å². The van der Waals surface area contributed by atoms with Crippen LogP contribution in [0.1, 0.15) is 25.3 Å². The summed E-state index contributed by atoms with van der Waals surface area (Å²) in [5, 5.41) is 2.97. The molecule has 1 fully saturated rings. The number of piperidine rings is 1. The molecule has 1 saturated heterocycles. The van der Waals surface area contributed by atoms with Crippen LogP contribution in [0.3, 0.4) is 0 Å². The van der Waals surface area contributed by atoms with Crippen LogP contribution in [0.2, 0.25) is 0 Å². The van der Waals surface area contributed by atoms with Crippen molar-refractivity contribution in [1.29, 1.82) is 0 Å². The van der Waals surface area contributed by atoms with E-state index in [2.05, 4.69) is 17.1 Å². The number of nitrogens with zero attached hydrogens (tertiary/aromatic N) is 1. The van der Waals surface area contributed by atoms with Crippen molar-refractivity contribution in [3.05, 3.63) is 35.9 Å². The molecule has 1 unspecified atom stereocenters. The van der Waals surface area contributed by atoms with Gasteiger partial charge in [-0.25, -0.2) is 0 Å². The minimum absolute atomic E-state index is 0. The quantitative estimate of drug-likeness (QED) is 0.871. The van der Waals surface area contributed by atoms with Crippen molar-refractivity contribution in [2.24, 2.45) is 11.7 Å². The molecule has 0 aliphatic carbocycles. The molecule has 1 aromatic rings. The number of nitrogens with one attached hydrogen (secondary N) is 1. The van der Waals surface area contributed by atoms with Gasteiger partial charge in [-0.05, 0) is 44.3 Å². The minimum Gasteiger partial charge on any atom is -0.351 e. The average molecular weight is 312 g/mol. The van der Waals surface area contributed by atoms with Crippen LogP contribution in [-0.2, 0) is 11.3 Å². The van der Waals surface area contributed by atoms with Crippen molar-refractivity contribution in [2.75, 3.05) is 19.6 Å². The maximum atomic E-state index is 11.9. The molecule has 1 aliphatic rings. The standard InChI is InChI=1S/C16H25N3O.ClH/c1-13(17)15-7-9-19(10-8-15)12-16(20)18-11-14-5-3-2-4-6-14;/h2-6,13,15H,7-12,17H2,1H3,(H,18,20);1H. The van der Waals surface area contributed by atoms with Crippen LogP contribution in [0, 0.1) is 5.92 Å². The second-order valence-corrected chi connectivity index (χ2v) is 5.74. The van der Waals surface area contributed by atoms with Crippen molar-refractivity contribution < 1.29 is 4.79 Å². The lowest BCUT2D eigenvalue weighted by Crippen LogP contribution is -2.44. The molecule has 1 aliphatic heterocycles. The fourth-order valence-electron chi connectivity index (χ4n) is 2.69. The first-order valence-corrected chi connectivity index (χ1v) is 7.43. The summed E-state index contributed by atoms with van der Waals surface area (Å²) in [6.07, 6.45) is 2.20. The lowest BCUT2D eigenvalue weighted by molar-refractivity contribution is -0.122. The van der Waals surface area contributed by atoms with Gasteiger partial charge < -0.3 is 11.1 Å². The monoisotopic (exact) mass is 311 g/mol. The van der Waals surface area contributed by atoms with Crippen LogP contribution in [0.15, 0.2) is 30.3 Å². The molecule has 1 amide bonds. The molecule has 0 saturated carbocycles. The predicted octanol–water partition coefficient (Wildman–Crippen LogP) is 1.78. The Morgan fingerprint density at radius 3 is 2.52 bits per heavy atom. The first-order chi connectivity index (χ1) is 9.65. The number of hydrogen-bond donors (Lipinski definition) is 2. The highest BCUT2D eigenvalue weighted by Gasteiger charge is 2.22. The van der Waals surface area contributed by atoms with Crippen LogP contribution in [0.4, 0.5) is 0 Å². The van der Waals surface area contributed by atoms with E-state index >= 15 is 0 Å². The van der Waals surface area contributed by atoms with Crippen LogP contribution in [0.25, 0.3) is 0 Å². The Kier molecular flexibility index (Phi) is 7.72. The SMILES string of the molecule is CC(N)C1CCN(CC(=O)NCc2ccccc2)CC1.Cl. The molecule has 1 aromatic carbocycles. The van der Waals surface area contributed by atoms with Gasteiger partial charge in [-0.1, -0.05) is 30.3 Å². The van der Waals surface area contributed by atoms with Crippen molar-refractivity contribution in [3.63, 3.8) is 0 Å². The topological polar surface area (TPSA) is 58.4 Å². The Labute approximate surface area is 133 Å². The summed E-state index contributed by atoms with van der Waals surface area (Å²) in [5.74, 6) is 0.715. The maximum Gasteiger partial charge on any atom is 0.234 e. The Balaban J connectivity index is 0.00000220. The zero-order chi connectivity index (χ0) is 14.4. The predicted molar refractivity (Wildman–Crippen MR) is 88.4 cm³/mol. The Morgan fingerprint density at radius 1 is 1.33 bits per heavy atom. The van der Waals surface area contributed by atoms with Gasteiger partial charge in [0.2, 0.25) is 5.91 Å². The molecule has 0 radical (unpaired) electrons. The molecule has 1 heterocycles. The highest BCUT2D eigenvalue weighted by Crippen LogP contribution is 2.19. The summed E-state index contributed by atoms with van der Waals surface area (Å²) < 4.78 is 0. The van der Waals surface area contributed by atoms with E-state index < -0.39 is 0 Å². The third-order valence-electron chi connectivity index (χ3n) is 4.08. The molecule has 4 nitrogen and oxygen atoms in total. The lowest BCUT2D eigenvalue weighted by Gasteiger charge is -2.33. The molecular formula is C16H26ClN3O. The number of carbonyl (C=O) groups is 1. The average Bonchev–Trinajstić information content (AvgIpc) is 2.47. The number of likely N-dealkylation sites (tertiary alicyclic amines) is 1. The Bertz CT molecular complexity index is 417. The van der Waals surface area contributed by atoms with Crippen LogP contribution < -0.4 is 11.1 Å². The summed E-state index contributed by atoms with van der Waals surface area (Å²) in [5.41, 5.74) is 7.06. The second kappa shape index (κ2) is 9.03. The number of benzene rings is 1. The summed E-state index contributed by atoms with van der Waals surface area (Å²) in [7, 11) is 0. The largest absolute Gasteiger partial charge is 0.351 e. The number of amides is 1. The molecule has 5 heteroatoms.